The molecule has 2 fully saturated rings. The molecular formula is C23H26N4O3S. The van der Waals surface area contributed by atoms with Crippen LogP contribution in [-0.4, -0.2) is 49.7 Å². The lowest BCUT2D eigenvalue weighted by Crippen LogP contribution is -2.37. The quantitative estimate of drug-likeness (QED) is 0.617. The molecular weight excluding hydrogens is 412 g/mol. The van der Waals surface area contributed by atoms with Crippen molar-refractivity contribution in [2.45, 2.75) is 36.1 Å². The molecule has 1 aliphatic heterocycles. The molecule has 1 amide bonds. The first-order chi connectivity index (χ1) is 14.9. The number of hydrogen-bond acceptors (Lipinski definition) is 5. The number of amides is 1. The van der Waals surface area contributed by atoms with Gasteiger partial charge in [-0.1, -0.05) is 18.2 Å². The van der Waals surface area contributed by atoms with Crippen LogP contribution >= 0.6 is 0 Å². The summed E-state index contributed by atoms with van der Waals surface area (Å²) in [7, 11) is -3.23. The third-order valence-electron chi connectivity index (χ3n) is 6.29. The smallest absolute Gasteiger partial charge is 0.220 e. The van der Waals surface area contributed by atoms with E-state index in [0.29, 0.717) is 29.7 Å². The zero-order valence-electron chi connectivity index (χ0n) is 17.4. The molecule has 1 aliphatic carbocycles. The van der Waals surface area contributed by atoms with Gasteiger partial charge in [-0.25, -0.2) is 13.4 Å². The normalized spacial score (nSPS) is 23.3. The Balaban J connectivity index is 1.14. The van der Waals surface area contributed by atoms with Gasteiger partial charge >= 0.3 is 0 Å². The predicted molar refractivity (Wildman–Crippen MR) is 120 cm³/mol. The number of aromatic amines is 1. The molecule has 3 atom stereocenters. The summed E-state index contributed by atoms with van der Waals surface area (Å²) in [4.78, 5) is 23.1. The Labute approximate surface area is 181 Å². The van der Waals surface area contributed by atoms with Crippen LogP contribution in [0.1, 0.15) is 31.0 Å². The number of sulfone groups is 1. The number of H-pyrrole nitrogens is 1. The minimum Gasteiger partial charge on any atom is -0.369 e. The number of nitrogens with zero attached hydrogens (tertiary/aromatic N) is 2. The highest BCUT2D eigenvalue weighted by Crippen LogP contribution is 2.48. The van der Waals surface area contributed by atoms with Crippen LogP contribution in [0.3, 0.4) is 0 Å². The highest BCUT2D eigenvalue weighted by molar-refractivity contribution is 7.90. The van der Waals surface area contributed by atoms with E-state index in [2.05, 4.69) is 20.2 Å². The SMILES string of the molecule is CS(=O)(=O)c1cccc(N2CC[C@@H](NC(=O)C[C@@H]3C[C@@H]3c3nc4ccccc4[nH]3)C2)c1. The molecule has 162 valence electrons. The van der Waals surface area contributed by atoms with E-state index < -0.39 is 9.84 Å². The van der Waals surface area contributed by atoms with Gasteiger partial charge in [-0.2, -0.15) is 0 Å². The molecule has 31 heavy (non-hydrogen) atoms. The number of anilines is 1. The van der Waals surface area contributed by atoms with Crippen molar-refractivity contribution in [1.82, 2.24) is 15.3 Å². The van der Waals surface area contributed by atoms with E-state index in [1.54, 1.807) is 18.2 Å². The van der Waals surface area contributed by atoms with E-state index in [-0.39, 0.29) is 11.9 Å². The fraction of sp³-hybridized carbons (Fsp3) is 0.391. The summed E-state index contributed by atoms with van der Waals surface area (Å²) < 4.78 is 23.6. The Morgan fingerprint density at radius 2 is 2.06 bits per heavy atom. The molecule has 0 spiro atoms. The largest absolute Gasteiger partial charge is 0.369 e. The number of benzene rings is 2. The van der Waals surface area contributed by atoms with Gasteiger partial charge in [0.05, 0.1) is 15.9 Å². The highest BCUT2D eigenvalue weighted by atomic mass is 32.2. The fourth-order valence-electron chi connectivity index (χ4n) is 4.50. The summed E-state index contributed by atoms with van der Waals surface area (Å²) in [6, 6.07) is 15.1. The predicted octanol–water partition coefficient (Wildman–Crippen LogP) is 2.86. The standard InChI is InChI=1S/C23H26N4O3S/c1-31(29,30)18-6-4-5-17(13-18)27-10-9-16(14-27)24-22(28)12-15-11-19(15)23-25-20-7-2-3-8-21(20)26-23/h2-8,13,15-16,19H,9-12,14H2,1H3,(H,24,28)(H,25,26)/t15-,16+,19-/m0/s1. The maximum absolute atomic E-state index is 12.6. The Hall–Kier alpha value is -2.87. The molecule has 2 N–H and O–H groups in total. The third kappa shape index (κ3) is 4.30. The van der Waals surface area contributed by atoms with Crippen molar-refractivity contribution in [1.29, 1.82) is 0 Å². The molecule has 3 aromatic rings. The molecule has 1 aromatic heterocycles. The van der Waals surface area contributed by atoms with Crippen LogP contribution in [0.15, 0.2) is 53.4 Å². The maximum Gasteiger partial charge on any atom is 0.220 e. The number of imidazole rings is 1. The van der Waals surface area contributed by atoms with Crippen molar-refractivity contribution < 1.29 is 13.2 Å². The summed E-state index contributed by atoms with van der Waals surface area (Å²) in [5.74, 6) is 1.73. The van der Waals surface area contributed by atoms with Gasteiger partial charge in [-0.3, -0.25) is 4.79 Å². The Morgan fingerprint density at radius 3 is 2.87 bits per heavy atom. The van der Waals surface area contributed by atoms with Crippen molar-refractivity contribution in [3.63, 3.8) is 0 Å². The van der Waals surface area contributed by atoms with Gasteiger partial charge in [0.2, 0.25) is 5.91 Å². The van der Waals surface area contributed by atoms with Crippen LogP contribution in [0.4, 0.5) is 5.69 Å². The lowest BCUT2D eigenvalue weighted by Gasteiger charge is -2.19. The molecule has 1 saturated carbocycles. The van der Waals surface area contributed by atoms with Crippen molar-refractivity contribution in [3.05, 3.63) is 54.4 Å². The van der Waals surface area contributed by atoms with Crippen LogP contribution in [0.25, 0.3) is 11.0 Å². The number of aromatic nitrogens is 2. The second-order valence-electron chi connectivity index (χ2n) is 8.71. The number of carbonyl (C=O) groups excluding carboxylic acids is 1. The van der Waals surface area contributed by atoms with Crippen LogP contribution in [-0.2, 0) is 14.6 Å². The van der Waals surface area contributed by atoms with Gasteiger partial charge in [-0.15, -0.1) is 0 Å². The molecule has 0 unspecified atom stereocenters. The van der Waals surface area contributed by atoms with Crippen molar-refractivity contribution >= 4 is 32.5 Å². The van der Waals surface area contributed by atoms with Crippen molar-refractivity contribution in [2.24, 2.45) is 5.92 Å². The zero-order chi connectivity index (χ0) is 21.6. The summed E-state index contributed by atoms with van der Waals surface area (Å²) in [6.07, 6.45) is 3.58. The molecule has 2 aliphatic rings. The zero-order valence-corrected chi connectivity index (χ0v) is 18.2. The van der Waals surface area contributed by atoms with E-state index >= 15 is 0 Å². The molecule has 7 nitrogen and oxygen atoms in total. The van der Waals surface area contributed by atoms with Crippen LogP contribution in [0.2, 0.25) is 0 Å². The second-order valence-corrected chi connectivity index (χ2v) is 10.7. The number of nitrogens with one attached hydrogen (secondary N) is 2. The van der Waals surface area contributed by atoms with Crippen molar-refractivity contribution in [2.75, 3.05) is 24.2 Å². The maximum atomic E-state index is 12.6. The fourth-order valence-corrected chi connectivity index (χ4v) is 5.16. The summed E-state index contributed by atoms with van der Waals surface area (Å²) in [5.41, 5.74) is 2.89. The van der Waals surface area contributed by atoms with Gasteiger partial charge in [0.25, 0.3) is 0 Å². The van der Waals surface area contributed by atoms with E-state index in [1.165, 1.54) is 6.26 Å². The van der Waals surface area contributed by atoms with Gasteiger partial charge in [-0.05, 0) is 49.1 Å². The van der Waals surface area contributed by atoms with Crippen LogP contribution in [0.5, 0.6) is 0 Å². The first-order valence-corrected chi connectivity index (χ1v) is 12.5. The second kappa shape index (κ2) is 7.67. The van der Waals surface area contributed by atoms with Gasteiger partial charge in [0.1, 0.15) is 5.82 Å². The minimum absolute atomic E-state index is 0.0813. The summed E-state index contributed by atoms with van der Waals surface area (Å²) in [6.45, 7) is 1.49. The summed E-state index contributed by atoms with van der Waals surface area (Å²) >= 11 is 0. The van der Waals surface area contributed by atoms with Gasteiger partial charge in [0.15, 0.2) is 9.84 Å². The Kier molecular flexibility index (Phi) is 4.97. The highest BCUT2D eigenvalue weighted by Gasteiger charge is 2.42. The third-order valence-corrected chi connectivity index (χ3v) is 7.40. The molecule has 2 heterocycles. The number of fused-ring (bicyclic) bond motifs is 1. The number of hydrogen-bond donors (Lipinski definition) is 2. The Bertz CT molecular complexity index is 1200. The van der Waals surface area contributed by atoms with E-state index in [0.717, 1.165) is 41.9 Å². The van der Waals surface area contributed by atoms with E-state index in [9.17, 15) is 13.2 Å². The molecule has 0 radical (unpaired) electrons. The molecule has 8 heteroatoms. The summed E-state index contributed by atoms with van der Waals surface area (Å²) in [5, 5.41) is 3.16. The Morgan fingerprint density at radius 1 is 1.23 bits per heavy atom. The number of rotatable bonds is 6. The average Bonchev–Trinajstić information content (AvgIpc) is 3.14. The first kappa shape index (κ1) is 20.1. The monoisotopic (exact) mass is 438 g/mol. The first-order valence-electron chi connectivity index (χ1n) is 10.7. The van der Waals surface area contributed by atoms with Gasteiger partial charge in [0, 0.05) is 43.4 Å². The lowest BCUT2D eigenvalue weighted by atomic mass is 10.2. The molecule has 1 saturated heterocycles. The van der Waals surface area contributed by atoms with Crippen molar-refractivity contribution in [3.8, 4) is 0 Å². The minimum atomic E-state index is -3.23. The molecule has 0 bridgehead atoms. The van der Waals surface area contributed by atoms with Gasteiger partial charge < -0.3 is 15.2 Å². The van der Waals surface area contributed by atoms with E-state index in [4.69, 9.17) is 0 Å². The molecule has 5 rings (SSSR count). The molecule has 2 aromatic carbocycles. The van der Waals surface area contributed by atoms with E-state index in [1.807, 2.05) is 30.3 Å². The average molecular weight is 439 g/mol. The van der Waals surface area contributed by atoms with Crippen LogP contribution < -0.4 is 10.2 Å². The number of carbonyl (C=O) groups is 1. The number of para-hydroxylation sites is 2. The lowest BCUT2D eigenvalue weighted by molar-refractivity contribution is -0.122. The topological polar surface area (TPSA) is 95.2 Å². The van der Waals surface area contributed by atoms with Crippen LogP contribution in [0, 0.1) is 5.92 Å².